The molecule has 282 valence electrons. The van der Waals surface area contributed by atoms with Crippen LogP contribution in [-0.2, 0) is 6.54 Å². The number of pyridine rings is 1. The van der Waals surface area contributed by atoms with Gasteiger partial charge in [0.15, 0.2) is 0 Å². The van der Waals surface area contributed by atoms with Crippen molar-refractivity contribution in [1.82, 2.24) is 10.3 Å². The molecule has 0 unspecified atom stereocenters. The van der Waals surface area contributed by atoms with Crippen molar-refractivity contribution in [3.63, 3.8) is 0 Å². The lowest BCUT2D eigenvalue weighted by atomic mass is 9.88. The highest BCUT2D eigenvalue weighted by atomic mass is 14.8. The maximum absolute atomic E-state index is 7.89. The lowest BCUT2D eigenvalue weighted by molar-refractivity contribution is 0.621. The summed E-state index contributed by atoms with van der Waals surface area (Å²) in [4.78, 5) is 4.27. The smallest absolute Gasteiger partial charge is 0.0656 e. The van der Waals surface area contributed by atoms with E-state index < -0.39 is 0 Å². The Bertz CT molecular complexity index is 889. The van der Waals surface area contributed by atoms with Crippen LogP contribution in [0.4, 0.5) is 0 Å². The van der Waals surface area contributed by atoms with Crippen molar-refractivity contribution < 1.29 is 0 Å². The Morgan fingerprint density at radius 2 is 1.25 bits per heavy atom. The number of nitrogens with zero attached hydrogens (tertiary/aromatic N) is 1. The van der Waals surface area contributed by atoms with Crippen LogP contribution in [0.2, 0.25) is 0 Å². The topological polar surface area (TPSA) is 74.8 Å². The van der Waals surface area contributed by atoms with Crippen LogP contribution < -0.4 is 11.1 Å². The van der Waals surface area contributed by atoms with E-state index in [0.29, 0.717) is 6.54 Å². The number of hydrogen-bond donors (Lipinski definition) is 3. The minimum absolute atomic E-state index is 0.0138. The third-order valence-electron chi connectivity index (χ3n) is 6.83. The average molecular weight is 671 g/mol. The molecule has 0 saturated carbocycles. The molecule has 0 amide bonds. The van der Waals surface area contributed by atoms with E-state index >= 15 is 0 Å². The molecule has 0 aliphatic rings. The van der Waals surface area contributed by atoms with Crippen molar-refractivity contribution in [2.45, 2.75) is 181 Å². The molecule has 48 heavy (non-hydrogen) atoms. The summed E-state index contributed by atoms with van der Waals surface area (Å²) in [6.07, 6.45) is 21.2. The summed E-state index contributed by atoms with van der Waals surface area (Å²) in [5.41, 5.74) is 11.3. The number of aromatic nitrogens is 1. The highest BCUT2D eigenvalue weighted by molar-refractivity contribution is 5.92. The fourth-order valence-corrected chi connectivity index (χ4v) is 3.00. The molecule has 4 heteroatoms. The van der Waals surface area contributed by atoms with Crippen molar-refractivity contribution >= 4 is 11.3 Å². The van der Waals surface area contributed by atoms with E-state index in [2.05, 4.69) is 119 Å². The first-order chi connectivity index (χ1) is 22.7. The van der Waals surface area contributed by atoms with Crippen molar-refractivity contribution in [3.8, 4) is 0 Å². The monoisotopic (exact) mass is 671 g/mol. The molecular formula is C44H86N4. The van der Waals surface area contributed by atoms with E-state index in [0.717, 1.165) is 41.1 Å². The minimum atomic E-state index is -0.0138. The highest BCUT2D eigenvalue weighted by Crippen LogP contribution is 2.23. The van der Waals surface area contributed by atoms with E-state index in [1.807, 2.05) is 38.1 Å². The lowest BCUT2D eigenvalue weighted by Gasteiger charge is -2.17. The van der Waals surface area contributed by atoms with Gasteiger partial charge in [0.2, 0.25) is 0 Å². The predicted octanol–water partition coefficient (Wildman–Crippen LogP) is 14.1. The maximum atomic E-state index is 7.89. The number of nitrogens with two attached hydrogens (primary N) is 1. The quantitative estimate of drug-likeness (QED) is 0.0877. The zero-order valence-electron chi connectivity index (χ0n) is 35.0. The molecule has 1 rings (SSSR count). The van der Waals surface area contributed by atoms with Crippen LogP contribution in [0.3, 0.4) is 0 Å². The zero-order chi connectivity index (χ0) is 38.2. The van der Waals surface area contributed by atoms with E-state index in [1.165, 1.54) is 82.9 Å². The van der Waals surface area contributed by atoms with Gasteiger partial charge in [-0.1, -0.05) is 170 Å². The van der Waals surface area contributed by atoms with E-state index in [-0.39, 0.29) is 5.41 Å². The summed E-state index contributed by atoms with van der Waals surface area (Å²) < 4.78 is 0. The number of hydrogen-bond acceptors (Lipinski definition) is 4. The molecule has 0 aromatic carbocycles. The molecule has 4 N–H and O–H groups in total. The number of rotatable bonds is 17. The SMILES string of the molecule is C=C(C)/C(C)=C/C(C)(C)/C=C\C(=N)CCCCC.C=C(C)c1cccc(CN)n1.CCCC.CCCC.CCCC.CCCNCCC. The average Bonchev–Trinajstić information content (AvgIpc) is 3.08. The van der Waals surface area contributed by atoms with Crippen LogP contribution in [0.15, 0.2) is 60.7 Å². The summed E-state index contributed by atoms with van der Waals surface area (Å²) in [5, 5.41) is 11.2. The van der Waals surface area contributed by atoms with Gasteiger partial charge in [0.05, 0.1) is 11.4 Å². The molecule has 0 aliphatic carbocycles. The Balaban J connectivity index is -0.000000174. The minimum Gasteiger partial charge on any atom is -0.325 e. The van der Waals surface area contributed by atoms with Crippen molar-refractivity contribution in [2.24, 2.45) is 11.1 Å². The molecule has 4 nitrogen and oxygen atoms in total. The Morgan fingerprint density at radius 3 is 1.60 bits per heavy atom. The van der Waals surface area contributed by atoms with Gasteiger partial charge in [0, 0.05) is 17.7 Å². The van der Waals surface area contributed by atoms with Gasteiger partial charge in [-0.15, -0.1) is 0 Å². The Kier molecular flexibility index (Phi) is 49.1. The molecule has 1 aromatic rings. The van der Waals surface area contributed by atoms with Crippen molar-refractivity contribution in [1.29, 1.82) is 5.41 Å². The summed E-state index contributed by atoms with van der Waals surface area (Å²) in [5.74, 6) is 0. The predicted molar refractivity (Wildman–Crippen MR) is 225 cm³/mol. The number of unbranched alkanes of at least 4 members (excludes halogenated alkanes) is 5. The second kappa shape index (κ2) is 42.7. The summed E-state index contributed by atoms with van der Waals surface area (Å²) in [7, 11) is 0. The van der Waals surface area contributed by atoms with Crippen LogP contribution in [-0.4, -0.2) is 23.8 Å². The number of nitrogens with one attached hydrogen (secondary N) is 2. The Labute approximate surface area is 303 Å². The van der Waals surface area contributed by atoms with Gasteiger partial charge in [0.1, 0.15) is 0 Å². The molecule has 0 radical (unpaired) electrons. The molecule has 1 heterocycles. The van der Waals surface area contributed by atoms with E-state index in [9.17, 15) is 0 Å². The Morgan fingerprint density at radius 1 is 0.771 bits per heavy atom. The van der Waals surface area contributed by atoms with Crippen LogP contribution in [0.1, 0.15) is 185 Å². The summed E-state index contributed by atoms with van der Waals surface area (Å²) in [6.45, 7) is 40.6. The van der Waals surface area contributed by atoms with Crippen molar-refractivity contribution in [2.75, 3.05) is 13.1 Å². The lowest BCUT2D eigenvalue weighted by Crippen LogP contribution is -2.14. The fraction of sp³-hybridized carbons (Fsp3) is 0.682. The normalized spacial score (nSPS) is 10.4. The first-order valence-corrected chi connectivity index (χ1v) is 19.3. The van der Waals surface area contributed by atoms with Crippen LogP contribution >= 0.6 is 0 Å². The highest BCUT2D eigenvalue weighted by Gasteiger charge is 2.10. The standard InChI is InChI=1S/C17H29N.C9H12N2.C6H15N.3C4H10/c1-7-8-9-10-16(18)11-12-17(5,6)13-15(4)14(2)3;1-7(2)9-5-3-4-8(6-10)11-9;1-3-5-7-6-4-2;3*1-3-4-2/h11-13,18H,2,7-10H2,1,3-6H3;3-5H,1,6,10H2,2H3;7H,3-6H2,1-2H3;3*3-4H2,1-2H3/b12-11-,15-13+,18-16?;;;;;. The zero-order valence-corrected chi connectivity index (χ0v) is 35.0. The van der Waals surface area contributed by atoms with Crippen molar-refractivity contribution in [3.05, 3.63) is 72.1 Å². The summed E-state index contributed by atoms with van der Waals surface area (Å²) >= 11 is 0. The van der Waals surface area contributed by atoms with E-state index in [1.54, 1.807) is 0 Å². The van der Waals surface area contributed by atoms with Gasteiger partial charge in [-0.25, -0.2) is 0 Å². The molecule has 1 aromatic heterocycles. The molecule has 0 fully saturated rings. The van der Waals surface area contributed by atoms with Gasteiger partial charge in [-0.05, 0) is 83.3 Å². The molecule has 0 spiro atoms. The van der Waals surface area contributed by atoms with Gasteiger partial charge < -0.3 is 16.5 Å². The Hall–Kier alpha value is -2.30. The molecular weight excluding hydrogens is 585 g/mol. The van der Waals surface area contributed by atoms with Gasteiger partial charge in [0.25, 0.3) is 0 Å². The largest absolute Gasteiger partial charge is 0.325 e. The van der Waals surface area contributed by atoms with Gasteiger partial charge in [-0.3, -0.25) is 4.98 Å². The van der Waals surface area contributed by atoms with Gasteiger partial charge in [-0.2, -0.15) is 0 Å². The molecule has 0 saturated heterocycles. The van der Waals surface area contributed by atoms with Crippen LogP contribution in [0.25, 0.3) is 5.57 Å². The molecule has 0 bridgehead atoms. The maximum Gasteiger partial charge on any atom is 0.0656 e. The third-order valence-corrected chi connectivity index (χ3v) is 6.83. The second-order valence-electron chi connectivity index (χ2n) is 13.0. The van der Waals surface area contributed by atoms with Gasteiger partial charge >= 0.3 is 0 Å². The third kappa shape index (κ3) is 48.1. The fourth-order valence-electron chi connectivity index (χ4n) is 3.00. The summed E-state index contributed by atoms with van der Waals surface area (Å²) in [6, 6.07) is 5.78. The second-order valence-corrected chi connectivity index (χ2v) is 13.0. The molecule has 0 atom stereocenters. The van der Waals surface area contributed by atoms with E-state index in [4.69, 9.17) is 11.1 Å². The number of allylic oxidation sites excluding steroid dienone is 6. The first kappa shape index (κ1) is 55.1. The van der Waals surface area contributed by atoms with Crippen LogP contribution in [0.5, 0.6) is 0 Å². The van der Waals surface area contributed by atoms with Crippen LogP contribution in [0, 0.1) is 10.8 Å². The first-order valence-electron chi connectivity index (χ1n) is 19.3. The molecule has 0 aliphatic heterocycles.